The second-order valence-corrected chi connectivity index (χ2v) is 5.95. The molecule has 1 aliphatic rings. The van der Waals surface area contributed by atoms with E-state index in [4.69, 9.17) is 0 Å². The molecule has 0 saturated carbocycles. The number of nitrogens with zero attached hydrogens (tertiary/aromatic N) is 3. The van der Waals surface area contributed by atoms with Crippen LogP contribution in [0.4, 0.5) is 0 Å². The first-order valence-corrected chi connectivity index (χ1v) is 6.35. The Morgan fingerprint density at radius 2 is 1.84 bits per heavy atom. The van der Waals surface area contributed by atoms with Crippen molar-refractivity contribution in [3.8, 4) is 0 Å². The second kappa shape index (κ2) is 3.57. The van der Waals surface area contributed by atoms with E-state index in [1.165, 1.54) is 0 Å². The zero-order valence-corrected chi connectivity index (χ0v) is 11.6. The molecule has 5 nitrogen and oxygen atoms in total. The van der Waals surface area contributed by atoms with E-state index in [9.17, 15) is 5.21 Å². The number of aromatic amines is 1. The first-order chi connectivity index (χ1) is 8.83. The second-order valence-electron chi connectivity index (χ2n) is 5.95. The van der Waals surface area contributed by atoms with Crippen molar-refractivity contribution in [1.29, 1.82) is 0 Å². The Morgan fingerprint density at radius 3 is 2.42 bits per heavy atom. The Balaban J connectivity index is 2.12. The van der Waals surface area contributed by atoms with Crippen LogP contribution in [0.5, 0.6) is 0 Å². The molecule has 2 heterocycles. The third-order valence-corrected chi connectivity index (χ3v) is 4.18. The minimum Gasteiger partial charge on any atom is -0.757 e. The predicted octanol–water partition coefficient (Wildman–Crippen LogP) is 2.68. The van der Waals surface area contributed by atoms with Crippen molar-refractivity contribution in [3.63, 3.8) is 0 Å². The Labute approximate surface area is 111 Å². The van der Waals surface area contributed by atoms with Crippen LogP contribution in [0.25, 0.3) is 11.0 Å². The van der Waals surface area contributed by atoms with E-state index in [0.717, 1.165) is 16.1 Å². The smallest absolute Gasteiger partial charge is 0.173 e. The molecule has 5 heteroatoms. The molecule has 0 bridgehead atoms. The normalized spacial score (nSPS) is 20.9. The van der Waals surface area contributed by atoms with Crippen LogP contribution in [0.3, 0.4) is 0 Å². The summed E-state index contributed by atoms with van der Waals surface area (Å²) < 4.78 is 0. The number of aromatic nitrogens is 2. The maximum Gasteiger partial charge on any atom is 0.173 e. The molecule has 0 radical (unpaired) electrons. The number of benzene rings is 1. The van der Waals surface area contributed by atoms with Crippen LogP contribution < -0.4 is 0 Å². The molecule has 1 aromatic heterocycles. The topological polar surface area (TPSA) is 67.3 Å². The lowest BCUT2D eigenvalue weighted by Gasteiger charge is -2.45. The molecular weight excluding hydrogens is 240 g/mol. The lowest BCUT2D eigenvalue weighted by Crippen LogP contribution is -2.50. The molecule has 2 aromatic rings. The van der Waals surface area contributed by atoms with Crippen LogP contribution in [-0.4, -0.2) is 31.9 Å². The number of fused-ring (bicyclic) bond motifs is 1. The third-order valence-electron chi connectivity index (χ3n) is 4.18. The molecule has 1 aromatic carbocycles. The average molecular weight is 257 g/mol. The number of nitrogens with one attached hydrogen (secondary N) is 1. The van der Waals surface area contributed by atoms with Crippen molar-refractivity contribution in [2.75, 3.05) is 0 Å². The fourth-order valence-corrected chi connectivity index (χ4v) is 2.17. The molecule has 0 spiro atoms. The van der Waals surface area contributed by atoms with E-state index in [0.29, 0.717) is 11.7 Å². The van der Waals surface area contributed by atoms with Gasteiger partial charge in [0.25, 0.3) is 0 Å². The number of H-pyrrole nitrogens is 1. The van der Waals surface area contributed by atoms with E-state index in [1.54, 1.807) is 0 Å². The highest BCUT2D eigenvalue weighted by molar-refractivity contribution is 6.00. The van der Waals surface area contributed by atoms with Crippen molar-refractivity contribution in [2.24, 2.45) is 4.99 Å². The van der Waals surface area contributed by atoms with E-state index in [1.807, 2.05) is 52.0 Å². The van der Waals surface area contributed by atoms with Gasteiger partial charge in [0.15, 0.2) is 11.7 Å². The van der Waals surface area contributed by atoms with Gasteiger partial charge in [0.2, 0.25) is 0 Å². The van der Waals surface area contributed by atoms with Gasteiger partial charge in [-0.1, -0.05) is 12.1 Å². The highest BCUT2D eigenvalue weighted by Crippen LogP contribution is 2.38. The minimum atomic E-state index is -0.582. The standard InChI is InChI=1S/C14H17N4O/c1-13(2)14(3,4)18(19)12(17-13)11-15-9-7-5-6-8-10(9)16-11/h5-8H,1-4H3,(H,15,16)/q-1. The summed E-state index contributed by atoms with van der Waals surface area (Å²) in [6.07, 6.45) is 0. The molecule has 0 atom stereocenters. The molecule has 0 amide bonds. The maximum absolute atomic E-state index is 12.4. The number of hydrogen-bond acceptors (Lipinski definition) is 4. The van der Waals surface area contributed by atoms with Gasteiger partial charge in [-0.3, -0.25) is 4.99 Å². The number of rotatable bonds is 1. The Kier molecular flexibility index (Phi) is 2.29. The zero-order chi connectivity index (χ0) is 13.8. The fourth-order valence-electron chi connectivity index (χ4n) is 2.17. The summed E-state index contributed by atoms with van der Waals surface area (Å²) in [5, 5.41) is 13.4. The molecule has 0 saturated heterocycles. The third kappa shape index (κ3) is 1.58. The number of amidine groups is 1. The van der Waals surface area contributed by atoms with Gasteiger partial charge >= 0.3 is 0 Å². The lowest BCUT2D eigenvalue weighted by molar-refractivity contribution is 0.205. The summed E-state index contributed by atoms with van der Waals surface area (Å²) in [4.78, 5) is 12.2. The number of hydrogen-bond donors (Lipinski definition) is 1. The molecule has 19 heavy (non-hydrogen) atoms. The molecule has 0 aliphatic carbocycles. The van der Waals surface area contributed by atoms with E-state index in [-0.39, 0.29) is 0 Å². The first-order valence-electron chi connectivity index (χ1n) is 6.35. The van der Waals surface area contributed by atoms with Crippen LogP contribution in [0.15, 0.2) is 29.3 Å². The minimum absolute atomic E-state index is 0.381. The molecule has 0 unspecified atom stereocenters. The highest BCUT2D eigenvalue weighted by atomic mass is 16.5. The number of hydroxylamine groups is 2. The Morgan fingerprint density at radius 1 is 1.16 bits per heavy atom. The van der Waals surface area contributed by atoms with Crippen LogP contribution in [-0.2, 0) is 0 Å². The van der Waals surface area contributed by atoms with Crippen LogP contribution in [0, 0.1) is 5.21 Å². The number of para-hydroxylation sites is 2. The van der Waals surface area contributed by atoms with Gasteiger partial charge < -0.3 is 15.3 Å². The summed E-state index contributed by atoms with van der Waals surface area (Å²) in [6, 6.07) is 7.71. The summed E-state index contributed by atoms with van der Waals surface area (Å²) >= 11 is 0. The van der Waals surface area contributed by atoms with Gasteiger partial charge in [0, 0.05) is 5.54 Å². The Bertz CT molecular complexity index is 636. The predicted molar refractivity (Wildman–Crippen MR) is 76.0 cm³/mol. The molecule has 1 N–H and O–H groups in total. The van der Waals surface area contributed by atoms with Gasteiger partial charge in [0.1, 0.15) is 0 Å². The van der Waals surface area contributed by atoms with Gasteiger partial charge in [-0.05, 0) is 39.8 Å². The van der Waals surface area contributed by atoms with Gasteiger partial charge in [-0.15, -0.1) is 0 Å². The summed E-state index contributed by atoms with van der Waals surface area (Å²) in [7, 11) is 0. The van der Waals surface area contributed by atoms with Gasteiger partial charge in [0.05, 0.1) is 16.6 Å². The molecule has 1 aliphatic heterocycles. The fraction of sp³-hybridized carbons (Fsp3) is 0.429. The summed E-state index contributed by atoms with van der Waals surface area (Å²) in [5.41, 5.74) is 0.733. The Hall–Kier alpha value is -1.88. The molecule has 100 valence electrons. The highest BCUT2D eigenvalue weighted by Gasteiger charge is 2.45. The average Bonchev–Trinajstić information content (AvgIpc) is 2.83. The maximum atomic E-state index is 12.4. The van der Waals surface area contributed by atoms with Crippen LogP contribution in [0.1, 0.15) is 33.5 Å². The SMILES string of the molecule is CC1(C)N=C(c2nc3ccccc3[nH]2)N([O-])C1(C)C. The summed E-state index contributed by atoms with van der Waals surface area (Å²) in [5.74, 6) is 0.918. The number of imidazole rings is 1. The number of aliphatic imine (C=N–C) groups is 1. The van der Waals surface area contributed by atoms with Gasteiger partial charge in [-0.2, -0.15) is 0 Å². The van der Waals surface area contributed by atoms with E-state index < -0.39 is 11.1 Å². The van der Waals surface area contributed by atoms with E-state index in [2.05, 4.69) is 15.0 Å². The monoisotopic (exact) mass is 257 g/mol. The quantitative estimate of drug-likeness (QED) is 0.854. The molecule has 3 rings (SSSR count). The molecular formula is C14H17N4O-. The summed E-state index contributed by atoms with van der Waals surface area (Å²) in [6.45, 7) is 7.74. The van der Waals surface area contributed by atoms with Crippen LogP contribution in [0.2, 0.25) is 0 Å². The van der Waals surface area contributed by atoms with Crippen LogP contribution >= 0.6 is 0 Å². The van der Waals surface area contributed by atoms with Crippen molar-refractivity contribution in [3.05, 3.63) is 35.3 Å². The van der Waals surface area contributed by atoms with Crippen molar-refractivity contribution in [2.45, 2.75) is 38.8 Å². The van der Waals surface area contributed by atoms with Crippen molar-refractivity contribution in [1.82, 2.24) is 15.0 Å². The van der Waals surface area contributed by atoms with Crippen molar-refractivity contribution < 1.29 is 0 Å². The lowest BCUT2D eigenvalue weighted by atomic mass is 9.84. The van der Waals surface area contributed by atoms with Gasteiger partial charge in [-0.25, -0.2) is 4.98 Å². The zero-order valence-electron chi connectivity index (χ0n) is 11.6. The first kappa shape index (κ1) is 12.2. The largest absolute Gasteiger partial charge is 0.757 e. The van der Waals surface area contributed by atoms with E-state index >= 15 is 0 Å². The molecule has 0 fully saturated rings. The van der Waals surface area contributed by atoms with Crippen molar-refractivity contribution >= 4 is 16.9 Å².